The molecule has 2 unspecified atom stereocenters. The number of allylic oxidation sites excluding steroid dienone is 1. The van der Waals surface area contributed by atoms with Crippen LogP contribution in [0.25, 0.3) is 16.7 Å². The average Bonchev–Trinajstić information content (AvgIpc) is 3.07. The van der Waals surface area contributed by atoms with Gasteiger partial charge in [0.1, 0.15) is 11.1 Å². The fourth-order valence-corrected chi connectivity index (χ4v) is 13.4. The van der Waals surface area contributed by atoms with Crippen molar-refractivity contribution in [3.8, 4) is 11.1 Å². The number of nitrogens with two attached hydrogens (primary N) is 1. The second kappa shape index (κ2) is 14.9. The van der Waals surface area contributed by atoms with Crippen molar-refractivity contribution in [1.82, 2.24) is 0 Å². The summed E-state index contributed by atoms with van der Waals surface area (Å²) in [7, 11) is -0.653. The third-order valence-electron chi connectivity index (χ3n) is 10.2. The molecule has 2 fully saturated rings. The molecule has 0 saturated heterocycles. The van der Waals surface area contributed by atoms with Gasteiger partial charge in [0.15, 0.2) is 0 Å². The van der Waals surface area contributed by atoms with E-state index in [1.807, 2.05) is 0 Å². The van der Waals surface area contributed by atoms with Crippen LogP contribution in [0.2, 0.25) is 0 Å². The van der Waals surface area contributed by atoms with Gasteiger partial charge in [0, 0.05) is 22.7 Å². The molecule has 244 valence electrons. The van der Waals surface area contributed by atoms with Crippen molar-refractivity contribution < 1.29 is 9.47 Å². The first kappa shape index (κ1) is 33.0. The smallest absolute Gasteiger partial charge is 0.127 e. The first-order valence-corrected chi connectivity index (χ1v) is 19.4. The summed E-state index contributed by atoms with van der Waals surface area (Å²) < 4.78 is 14.6. The van der Waals surface area contributed by atoms with Crippen LogP contribution in [0.5, 0.6) is 0 Å². The third kappa shape index (κ3) is 6.74. The largest absolute Gasteiger partial charge is 0.491 e. The summed E-state index contributed by atoms with van der Waals surface area (Å²) in [5.41, 5.74) is 15.4. The third-order valence-corrected chi connectivity index (χ3v) is 14.2. The number of rotatable bonds is 10. The zero-order valence-electron chi connectivity index (χ0n) is 28.5. The van der Waals surface area contributed by atoms with Gasteiger partial charge >= 0.3 is 0 Å². The van der Waals surface area contributed by atoms with E-state index in [0.29, 0.717) is 11.3 Å². The van der Waals surface area contributed by atoms with E-state index in [1.165, 1.54) is 80.9 Å². The highest BCUT2D eigenvalue weighted by molar-refractivity contribution is 7.61. The van der Waals surface area contributed by atoms with E-state index in [2.05, 4.69) is 119 Å². The predicted molar refractivity (Wildman–Crippen MR) is 197 cm³/mol. The van der Waals surface area contributed by atoms with Crippen molar-refractivity contribution in [2.75, 3.05) is 5.73 Å². The van der Waals surface area contributed by atoms with E-state index in [0.717, 1.165) is 22.6 Å². The van der Waals surface area contributed by atoms with Gasteiger partial charge in [-0.15, -0.1) is 0 Å². The Balaban J connectivity index is 1.67. The number of benzene rings is 3. The van der Waals surface area contributed by atoms with Crippen LogP contribution < -0.4 is 5.73 Å². The Bertz CT molecular complexity index is 1470. The van der Waals surface area contributed by atoms with Gasteiger partial charge in [-0.1, -0.05) is 131 Å². The van der Waals surface area contributed by atoms with Crippen LogP contribution in [0.15, 0.2) is 96.8 Å². The molecule has 0 aliphatic heterocycles. The molecule has 3 nitrogen and oxygen atoms in total. The Hall–Kier alpha value is -2.87. The minimum atomic E-state index is -0.653. The number of hydrogen-bond donors (Lipinski definition) is 1. The topological polar surface area (TPSA) is 44.5 Å². The molecule has 3 aliphatic rings. The zero-order valence-corrected chi connectivity index (χ0v) is 29.4. The maximum absolute atomic E-state index is 7.78. The Morgan fingerprint density at radius 1 is 0.674 bits per heavy atom. The van der Waals surface area contributed by atoms with Crippen molar-refractivity contribution in [2.45, 2.75) is 127 Å². The Kier molecular flexibility index (Phi) is 10.7. The van der Waals surface area contributed by atoms with Crippen molar-refractivity contribution in [3.05, 3.63) is 108 Å². The van der Waals surface area contributed by atoms with E-state index in [1.54, 1.807) is 0 Å². The summed E-state index contributed by atoms with van der Waals surface area (Å²) in [5.74, 6) is 0.929. The lowest BCUT2D eigenvalue weighted by atomic mass is 9.79. The minimum Gasteiger partial charge on any atom is -0.491 e. The molecule has 2 saturated carbocycles. The van der Waals surface area contributed by atoms with Gasteiger partial charge in [0.25, 0.3) is 0 Å². The van der Waals surface area contributed by atoms with Crippen molar-refractivity contribution in [1.29, 1.82) is 0 Å². The number of anilines is 1. The fraction of sp³-hybridized carbons (Fsp3) is 0.476. The molecule has 4 heteroatoms. The normalized spacial score (nSPS) is 23.1. The van der Waals surface area contributed by atoms with Crippen LogP contribution in [-0.4, -0.2) is 28.9 Å². The van der Waals surface area contributed by atoms with Gasteiger partial charge in [-0.2, -0.15) is 0 Å². The lowest BCUT2D eigenvalue weighted by Crippen LogP contribution is -2.47. The average molecular weight is 636 g/mol. The molecule has 2 atom stereocenters. The zero-order chi connectivity index (χ0) is 32.1. The lowest BCUT2D eigenvalue weighted by molar-refractivity contribution is 0.00134. The van der Waals surface area contributed by atoms with Crippen LogP contribution >= 0.6 is 7.92 Å². The molecule has 46 heavy (non-hydrogen) atoms. The molecular formula is C42H54NO2P. The SMILES string of the molecule is CC(C)OC1=C(c2ccccc2)C(OC(C)C)(P(C2CCCCC2)C2CCCCC2)C(c2cccc(-c3ccccc3)c2N)C=C1. The van der Waals surface area contributed by atoms with Crippen molar-refractivity contribution in [2.24, 2.45) is 0 Å². The number of para-hydroxylation sites is 1. The Morgan fingerprint density at radius 3 is 1.78 bits per heavy atom. The van der Waals surface area contributed by atoms with Gasteiger partial charge in [-0.3, -0.25) is 0 Å². The Labute approximate surface area is 279 Å². The molecule has 2 N–H and O–H groups in total. The number of nitrogen functional groups attached to an aromatic ring is 1. The van der Waals surface area contributed by atoms with E-state index in [4.69, 9.17) is 15.2 Å². The molecule has 3 aromatic rings. The predicted octanol–water partition coefficient (Wildman–Crippen LogP) is 11.7. The quantitative estimate of drug-likeness (QED) is 0.178. The van der Waals surface area contributed by atoms with Gasteiger partial charge < -0.3 is 15.2 Å². The van der Waals surface area contributed by atoms with E-state index >= 15 is 0 Å². The van der Waals surface area contributed by atoms with E-state index in [9.17, 15) is 0 Å². The molecule has 3 aromatic carbocycles. The fourth-order valence-electron chi connectivity index (χ4n) is 8.47. The van der Waals surface area contributed by atoms with Gasteiger partial charge in [-0.25, -0.2) is 0 Å². The number of ether oxygens (including phenoxy) is 2. The molecule has 6 rings (SSSR count). The monoisotopic (exact) mass is 635 g/mol. The van der Waals surface area contributed by atoms with Crippen LogP contribution in [-0.2, 0) is 9.47 Å². The molecule has 0 radical (unpaired) electrons. The molecule has 0 amide bonds. The summed E-state index contributed by atoms with van der Waals surface area (Å²) in [6.45, 7) is 8.77. The first-order chi connectivity index (χ1) is 22.4. The maximum Gasteiger partial charge on any atom is 0.127 e. The van der Waals surface area contributed by atoms with Crippen molar-refractivity contribution >= 4 is 19.2 Å². The molecule has 3 aliphatic carbocycles. The highest BCUT2D eigenvalue weighted by atomic mass is 31.1. The second-order valence-electron chi connectivity index (χ2n) is 14.1. The highest BCUT2D eigenvalue weighted by Crippen LogP contribution is 2.73. The van der Waals surface area contributed by atoms with Gasteiger partial charge in [0.05, 0.1) is 12.2 Å². The van der Waals surface area contributed by atoms with Crippen molar-refractivity contribution in [3.63, 3.8) is 0 Å². The highest BCUT2D eigenvalue weighted by Gasteiger charge is 2.57. The van der Waals surface area contributed by atoms with E-state index < -0.39 is 13.3 Å². The summed E-state index contributed by atoms with van der Waals surface area (Å²) >= 11 is 0. The summed E-state index contributed by atoms with van der Waals surface area (Å²) in [6, 6.07) is 28.3. The second-order valence-corrected chi connectivity index (χ2v) is 17.1. The summed E-state index contributed by atoms with van der Waals surface area (Å²) in [4.78, 5) is 0. The van der Waals surface area contributed by atoms with Crippen LogP contribution in [0, 0.1) is 0 Å². The molecule has 0 spiro atoms. The molecular weight excluding hydrogens is 581 g/mol. The van der Waals surface area contributed by atoms with Gasteiger partial charge in [0.2, 0.25) is 0 Å². The first-order valence-electron chi connectivity index (χ1n) is 17.9. The maximum atomic E-state index is 7.78. The van der Waals surface area contributed by atoms with Gasteiger partial charge in [-0.05, 0) is 87.5 Å². The molecule has 0 bridgehead atoms. The van der Waals surface area contributed by atoms with Crippen LogP contribution in [0.3, 0.4) is 0 Å². The summed E-state index contributed by atoms with van der Waals surface area (Å²) in [5, 5.41) is -0.586. The molecule has 0 aromatic heterocycles. The lowest BCUT2D eigenvalue weighted by Gasteiger charge is -2.56. The van der Waals surface area contributed by atoms with E-state index in [-0.39, 0.29) is 18.1 Å². The number of hydrogen-bond acceptors (Lipinski definition) is 3. The van der Waals surface area contributed by atoms with Crippen LogP contribution in [0.4, 0.5) is 5.69 Å². The standard InChI is InChI=1S/C42H54NO2P/c1-30(2)44-39-29-28-38(37-27-17-26-36(41(37)43)32-18-9-5-10-19-32)42(45-31(3)4,40(39)33-20-11-6-12-21-33)46(34-22-13-7-14-23-34)35-24-15-8-16-25-35/h5-6,9-12,17-21,26-31,34-35,38H,7-8,13-16,22-25,43H2,1-4H3. The molecule has 0 heterocycles. The Morgan fingerprint density at radius 2 is 1.24 bits per heavy atom. The van der Waals surface area contributed by atoms with Crippen LogP contribution in [0.1, 0.15) is 109 Å². The minimum absolute atomic E-state index is 0.0312. The summed E-state index contributed by atoms with van der Waals surface area (Å²) in [6.07, 6.45) is 17.9.